The number of rotatable bonds is 13. The van der Waals surface area contributed by atoms with E-state index in [4.69, 9.17) is 19.2 Å². The molecule has 208 valence electrons. The van der Waals surface area contributed by atoms with Crippen molar-refractivity contribution in [2.24, 2.45) is 0 Å². The number of thioether (sulfide) groups is 1. The van der Waals surface area contributed by atoms with Crippen LogP contribution in [-0.4, -0.2) is 60.2 Å². The molecule has 3 aromatic rings. The zero-order valence-electron chi connectivity index (χ0n) is 22.5. The summed E-state index contributed by atoms with van der Waals surface area (Å²) in [5.74, 6) is 0.903. The number of aromatic nitrogens is 2. The van der Waals surface area contributed by atoms with Crippen molar-refractivity contribution < 1.29 is 23.8 Å². The number of carbonyl (C=O) groups excluding carboxylic acids is 2. The first-order valence-electron chi connectivity index (χ1n) is 13.1. The lowest BCUT2D eigenvalue weighted by Gasteiger charge is -2.18. The quantitative estimate of drug-likeness (QED) is 0.188. The third-order valence-electron chi connectivity index (χ3n) is 6.29. The van der Waals surface area contributed by atoms with Gasteiger partial charge in [-0.25, -0.2) is 4.98 Å². The van der Waals surface area contributed by atoms with E-state index in [1.165, 1.54) is 11.8 Å². The largest absolute Gasteiger partial charge is 0.454 e. The second-order valence-electron chi connectivity index (χ2n) is 9.11. The van der Waals surface area contributed by atoms with E-state index in [0.717, 1.165) is 18.4 Å². The summed E-state index contributed by atoms with van der Waals surface area (Å²) >= 11 is 1.25. The molecule has 1 aliphatic heterocycles. The van der Waals surface area contributed by atoms with Crippen molar-refractivity contribution in [1.29, 1.82) is 0 Å². The van der Waals surface area contributed by atoms with Crippen LogP contribution in [0.1, 0.15) is 49.0 Å². The van der Waals surface area contributed by atoms with E-state index in [1.807, 2.05) is 25.1 Å². The van der Waals surface area contributed by atoms with Crippen molar-refractivity contribution in [2.45, 2.75) is 50.1 Å². The number of nitrogens with one attached hydrogen (secondary N) is 2. The van der Waals surface area contributed by atoms with Gasteiger partial charge in [-0.2, -0.15) is 0 Å². The summed E-state index contributed by atoms with van der Waals surface area (Å²) in [5.41, 5.74) is 1.36. The second-order valence-corrected chi connectivity index (χ2v) is 10.3. The molecule has 2 N–H and O–H groups in total. The van der Waals surface area contributed by atoms with Gasteiger partial charge in [0.05, 0.1) is 29.3 Å². The number of hydrogen-bond acceptors (Lipinski definition) is 8. The zero-order valence-corrected chi connectivity index (χ0v) is 23.3. The third kappa shape index (κ3) is 6.90. The lowest BCUT2D eigenvalue weighted by molar-refractivity contribution is -0.120. The molecule has 39 heavy (non-hydrogen) atoms. The Hall–Kier alpha value is -3.57. The number of benzene rings is 2. The van der Waals surface area contributed by atoms with Gasteiger partial charge in [-0.3, -0.25) is 19.0 Å². The molecule has 0 spiro atoms. The Balaban J connectivity index is 1.71. The summed E-state index contributed by atoms with van der Waals surface area (Å²) in [6, 6.07) is 10.4. The Morgan fingerprint density at radius 3 is 2.69 bits per heavy atom. The summed E-state index contributed by atoms with van der Waals surface area (Å²) in [4.78, 5) is 44.1. The average Bonchev–Trinajstić information content (AvgIpc) is 3.41. The number of hydrogen-bond donors (Lipinski definition) is 2. The van der Waals surface area contributed by atoms with Crippen LogP contribution >= 0.6 is 11.8 Å². The molecule has 1 aliphatic rings. The van der Waals surface area contributed by atoms with Crippen molar-refractivity contribution in [3.8, 4) is 11.5 Å². The maximum Gasteiger partial charge on any atom is 0.262 e. The number of methoxy groups -OCH3 is 1. The fraction of sp³-hybridized carbons (Fsp3) is 0.429. The first-order valence-corrected chi connectivity index (χ1v) is 14.0. The number of nitrogens with zero attached hydrogens (tertiary/aromatic N) is 2. The Bertz CT molecular complexity index is 1390. The topological polar surface area (TPSA) is 121 Å². The van der Waals surface area contributed by atoms with Crippen LogP contribution in [0.5, 0.6) is 11.5 Å². The molecular formula is C28H34N4O6S. The molecule has 10 nitrogen and oxygen atoms in total. The number of ether oxygens (including phenoxy) is 3. The predicted molar refractivity (Wildman–Crippen MR) is 150 cm³/mol. The van der Waals surface area contributed by atoms with Gasteiger partial charge < -0.3 is 24.8 Å². The Morgan fingerprint density at radius 1 is 1.10 bits per heavy atom. The molecule has 11 heteroatoms. The van der Waals surface area contributed by atoms with Crippen LogP contribution in [-0.2, 0) is 16.1 Å². The normalized spacial score (nSPS) is 12.9. The van der Waals surface area contributed by atoms with Crippen molar-refractivity contribution in [2.75, 3.05) is 33.6 Å². The first-order chi connectivity index (χ1) is 18.9. The number of fused-ring (bicyclic) bond motifs is 2. The van der Waals surface area contributed by atoms with Crippen LogP contribution in [0.15, 0.2) is 46.3 Å². The Morgan fingerprint density at radius 2 is 1.92 bits per heavy atom. The lowest BCUT2D eigenvalue weighted by atomic mass is 10.1. The summed E-state index contributed by atoms with van der Waals surface area (Å²) in [6.45, 7) is 5.74. The van der Waals surface area contributed by atoms with Crippen LogP contribution in [0.25, 0.3) is 10.9 Å². The van der Waals surface area contributed by atoms with Gasteiger partial charge in [0.2, 0.25) is 12.7 Å². The van der Waals surface area contributed by atoms with Gasteiger partial charge >= 0.3 is 0 Å². The molecule has 0 saturated carbocycles. The Labute approximate surface area is 231 Å². The Kier molecular flexibility index (Phi) is 9.83. The van der Waals surface area contributed by atoms with Gasteiger partial charge in [-0.15, -0.1) is 0 Å². The molecule has 2 heterocycles. The van der Waals surface area contributed by atoms with Crippen LogP contribution in [0.3, 0.4) is 0 Å². The average molecular weight is 555 g/mol. The van der Waals surface area contributed by atoms with Gasteiger partial charge in [0.25, 0.3) is 11.5 Å². The van der Waals surface area contributed by atoms with E-state index < -0.39 is 5.25 Å². The fourth-order valence-corrected chi connectivity index (χ4v) is 5.15. The fourth-order valence-electron chi connectivity index (χ4n) is 4.11. The standard InChI is InChI=1S/C28H34N4O6S/c1-4-6-11-29-26(34)24(5-2)39-28-31-21-15-19(25(33)30-12-13-36-3)8-9-20(21)27(35)32(28)16-18-7-10-22-23(14-18)38-17-37-22/h7-10,14-15,24H,4-6,11-13,16-17H2,1-3H3,(H,29,34)(H,30,33). The van der Waals surface area contributed by atoms with Crippen molar-refractivity contribution in [1.82, 2.24) is 20.2 Å². The van der Waals surface area contributed by atoms with Gasteiger partial charge in [0.15, 0.2) is 16.7 Å². The summed E-state index contributed by atoms with van der Waals surface area (Å²) in [5, 5.41) is 6.12. The van der Waals surface area contributed by atoms with E-state index >= 15 is 0 Å². The minimum absolute atomic E-state index is 0.0915. The lowest BCUT2D eigenvalue weighted by Crippen LogP contribution is -2.34. The summed E-state index contributed by atoms with van der Waals surface area (Å²) in [7, 11) is 1.56. The minimum atomic E-state index is -0.435. The van der Waals surface area contributed by atoms with E-state index in [2.05, 4.69) is 17.6 Å². The number of carbonyl (C=O) groups is 2. The molecule has 2 amide bonds. The SMILES string of the molecule is CCCCNC(=O)C(CC)Sc1nc2cc(C(=O)NCCOC)ccc2c(=O)n1Cc1ccc2c(c1)OCO2. The third-order valence-corrected chi connectivity index (χ3v) is 7.65. The van der Waals surface area contributed by atoms with Gasteiger partial charge in [0.1, 0.15) is 0 Å². The number of amides is 2. The van der Waals surface area contributed by atoms with E-state index in [9.17, 15) is 14.4 Å². The van der Waals surface area contributed by atoms with E-state index in [-0.39, 0.29) is 30.7 Å². The first kappa shape index (κ1) is 28.4. The van der Waals surface area contributed by atoms with Crippen molar-refractivity contribution in [3.05, 3.63) is 57.9 Å². The molecule has 1 aromatic heterocycles. The van der Waals surface area contributed by atoms with Gasteiger partial charge in [0, 0.05) is 25.8 Å². The van der Waals surface area contributed by atoms with Crippen molar-refractivity contribution in [3.63, 3.8) is 0 Å². The predicted octanol–water partition coefficient (Wildman–Crippen LogP) is 3.34. The highest BCUT2D eigenvalue weighted by Gasteiger charge is 2.23. The molecule has 0 radical (unpaired) electrons. The maximum absolute atomic E-state index is 13.8. The summed E-state index contributed by atoms with van der Waals surface area (Å²) in [6.07, 6.45) is 2.43. The number of unbranched alkanes of at least 4 members (excludes halogenated alkanes) is 1. The van der Waals surface area contributed by atoms with Crippen LogP contribution in [0.2, 0.25) is 0 Å². The highest BCUT2D eigenvalue weighted by Crippen LogP contribution is 2.33. The highest BCUT2D eigenvalue weighted by atomic mass is 32.2. The molecule has 4 rings (SSSR count). The van der Waals surface area contributed by atoms with Gasteiger partial charge in [-0.1, -0.05) is 38.1 Å². The van der Waals surface area contributed by atoms with E-state index in [1.54, 1.807) is 29.9 Å². The van der Waals surface area contributed by atoms with E-state index in [0.29, 0.717) is 59.2 Å². The summed E-state index contributed by atoms with van der Waals surface area (Å²) < 4.78 is 17.5. The molecule has 0 bridgehead atoms. The van der Waals surface area contributed by atoms with Crippen LogP contribution in [0.4, 0.5) is 0 Å². The molecule has 1 atom stereocenters. The maximum atomic E-state index is 13.8. The van der Waals surface area contributed by atoms with Gasteiger partial charge in [-0.05, 0) is 48.7 Å². The zero-order chi connectivity index (χ0) is 27.8. The molecule has 0 aliphatic carbocycles. The molecular weight excluding hydrogens is 520 g/mol. The molecule has 0 saturated heterocycles. The minimum Gasteiger partial charge on any atom is -0.454 e. The molecule has 2 aromatic carbocycles. The van der Waals surface area contributed by atoms with Crippen LogP contribution in [0, 0.1) is 0 Å². The molecule has 0 fully saturated rings. The monoisotopic (exact) mass is 554 g/mol. The molecule has 1 unspecified atom stereocenters. The second kappa shape index (κ2) is 13.5. The smallest absolute Gasteiger partial charge is 0.262 e. The van der Waals surface area contributed by atoms with Crippen LogP contribution < -0.4 is 25.7 Å². The highest BCUT2D eigenvalue weighted by molar-refractivity contribution is 8.00. The van der Waals surface area contributed by atoms with Crippen molar-refractivity contribution >= 4 is 34.5 Å².